The molecule has 2 atom stereocenters. The topological polar surface area (TPSA) is 105 Å². The molecule has 2 amide bonds. The van der Waals surface area contributed by atoms with Crippen LogP contribution in [0.3, 0.4) is 0 Å². The average molecular weight is 479 g/mol. The Balaban J connectivity index is 1.37. The van der Waals surface area contributed by atoms with Gasteiger partial charge >= 0.3 is 12.1 Å². The third kappa shape index (κ3) is 6.02. The molecular weight excluding hydrogens is 444 g/mol. The lowest BCUT2D eigenvalue weighted by Gasteiger charge is -2.31. The van der Waals surface area contributed by atoms with E-state index in [0.717, 1.165) is 35.1 Å². The van der Waals surface area contributed by atoms with Crippen molar-refractivity contribution in [2.24, 2.45) is 11.3 Å². The Kier molecular flexibility index (Phi) is 7.15. The molecule has 2 aromatic carbocycles. The van der Waals surface area contributed by atoms with E-state index in [9.17, 15) is 19.5 Å². The molecule has 0 aromatic heterocycles. The molecule has 2 aliphatic rings. The van der Waals surface area contributed by atoms with E-state index >= 15 is 0 Å². The number of hydrogen-bond donors (Lipinski definition) is 3. The molecule has 1 unspecified atom stereocenters. The van der Waals surface area contributed by atoms with Crippen LogP contribution in [0.1, 0.15) is 63.5 Å². The lowest BCUT2D eigenvalue weighted by molar-refractivity contribution is -0.142. The van der Waals surface area contributed by atoms with E-state index in [1.54, 1.807) is 0 Å². The van der Waals surface area contributed by atoms with E-state index in [4.69, 9.17) is 4.74 Å². The normalized spacial score (nSPS) is 16.5. The van der Waals surface area contributed by atoms with Gasteiger partial charge in [0.15, 0.2) is 0 Å². The Morgan fingerprint density at radius 2 is 1.54 bits per heavy atom. The first kappa shape index (κ1) is 24.8. The van der Waals surface area contributed by atoms with E-state index in [1.807, 2.05) is 45.0 Å². The molecule has 3 N–H and O–H groups in total. The number of rotatable bonds is 9. The molecule has 0 radical (unpaired) electrons. The fourth-order valence-corrected chi connectivity index (χ4v) is 4.70. The number of carboxylic acids is 1. The van der Waals surface area contributed by atoms with Gasteiger partial charge in [-0.05, 0) is 40.0 Å². The minimum atomic E-state index is -1.03. The summed E-state index contributed by atoms with van der Waals surface area (Å²) in [7, 11) is 0. The van der Waals surface area contributed by atoms with Crippen molar-refractivity contribution < 1.29 is 24.2 Å². The Morgan fingerprint density at radius 1 is 0.971 bits per heavy atom. The first-order chi connectivity index (χ1) is 16.6. The number of carbonyl (C=O) groups is 3. The number of aliphatic carboxylic acids is 1. The first-order valence-corrected chi connectivity index (χ1v) is 12.3. The number of carbonyl (C=O) groups excluding carboxylic acids is 2. The van der Waals surface area contributed by atoms with Crippen LogP contribution in [0.2, 0.25) is 0 Å². The quantitative estimate of drug-likeness (QED) is 0.485. The second kappa shape index (κ2) is 10.1. The molecule has 1 fully saturated rings. The van der Waals surface area contributed by atoms with Crippen LogP contribution in [0.5, 0.6) is 0 Å². The van der Waals surface area contributed by atoms with Gasteiger partial charge < -0.3 is 20.5 Å². The third-order valence-corrected chi connectivity index (χ3v) is 6.97. The van der Waals surface area contributed by atoms with Crippen molar-refractivity contribution in [2.45, 2.75) is 64.5 Å². The van der Waals surface area contributed by atoms with Crippen molar-refractivity contribution in [3.63, 3.8) is 0 Å². The van der Waals surface area contributed by atoms with Gasteiger partial charge in [-0.25, -0.2) is 9.59 Å². The minimum Gasteiger partial charge on any atom is -0.480 e. The highest BCUT2D eigenvalue weighted by molar-refractivity contribution is 5.84. The summed E-state index contributed by atoms with van der Waals surface area (Å²) in [6, 6.07) is 14.8. The van der Waals surface area contributed by atoms with E-state index in [2.05, 4.69) is 34.9 Å². The molecule has 186 valence electrons. The zero-order valence-corrected chi connectivity index (χ0v) is 20.5. The van der Waals surface area contributed by atoms with Crippen LogP contribution in [0, 0.1) is 11.3 Å². The van der Waals surface area contributed by atoms with Gasteiger partial charge in [-0.15, -0.1) is 0 Å². The molecule has 0 spiro atoms. The number of nitrogens with one attached hydrogen (secondary N) is 2. The lowest BCUT2D eigenvalue weighted by Crippen LogP contribution is -2.49. The van der Waals surface area contributed by atoms with Gasteiger partial charge in [0.05, 0.1) is 0 Å². The Hall–Kier alpha value is -3.35. The van der Waals surface area contributed by atoms with Gasteiger partial charge in [-0.3, -0.25) is 4.79 Å². The second-order valence-corrected chi connectivity index (χ2v) is 10.7. The average Bonchev–Trinajstić information content (AvgIpc) is 3.57. The highest BCUT2D eigenvalue weighted by Crippen LogP contribution is 2.44. The number of ether oxygens (including phenoxy) is 1. The van der Waals surface area contributed by atoms with E-state index in [1.165, 1.54) is 0 Å². The fourth-order valence-electron chi connectivity index (χ4n) is 4.70. The molecule has 7 nitrogen and oxygen atoms in total. The molecule has 0 saturated heterocycles. The number of carboxylic acid groups (broad SMARTS) is 1. The maximum Gasteiger partial charge on any atom is 0.407 e. The van der Waals surface area contributed by atoms with Crippen LogP contribution in [0.25, 0.3) is 11.1 Å². The monoisotopic (exact) mass is 478 g/mol. The predicted octanol–water partition coefficient (Wildman–Crippen LogP) is 4.70. The molecule has 4 rings (SSSR count). The van der Waals surface area contributed by atoms with Crippen LogP contribution in [-0.2, 0) is 14.3 Å². The molecule has 0 bridgehead atoms. The summed E-state index contributed by atoms with van der Waals surface area (Å²) in [6.45, 7) is 5.96. The van der Waals surface area contributed by atoms with Crippen molar-refractivity contribution in [3.05, 3.63) is 59.7 Å². The Morgan fingerprint density at radius 3 is 2.06 bits per heavy atom. The van der Waals surface area contributed by atoms with Crippen LogP contribution in [-0.4, -0.2) is 41.8 Å². The highest BCUT2D eigenvalue weighted by atomic mass is 16.5. The van der Waals surface area contributed by atoms with Gasteiger partial charge in [0.1, 0.15) is 12.6 Å². The van der Waals surface area contributed by atoms with E-state index in [-0.39, 0.29) is 18.9 Å². The summed E-state index contributed by atoms with van der Waals surface area (Å²) in [4.78, 5) is 37.0. The highest BCUT2D eigenvalue weighted by Gasteiger charge is 2.34. The van der Waals surface area contributed by atoms with E-state index < -0.39 is 35.5 Å². The molecule has 0 aliphatic heterocycles. The maximum atomic E-state index is 12.8. The Labute approximate surface area is 206 Å². The molecule has 1 saturated carbocycles. The van der Waals surface area contributed by atoms with Crippen molar-refractivity contribution in [2.75, 3.05) is 6.61 Å². The molecule has 7 heteroatoms. The number of amides is 2. The molecule has 2 aromatic rings. The third-order valence-electron chi connectivity index (χ3n) is 6.97. The maximum absolute atomic E-state index is 12.8. The van der Waals surface area contributed by atoms with Crippen LogP contribution >= 0.6 is 0 Å². The fraction of sp³-hybridized carbons (Fsp3) is 0.464. The number of alkyl carbamates (subject to hydrolysis) is 1. The van der Waals surface area contributed by atoms with Gasteiger partial charge in [0, 0.05) is 18.4 Å². The van der Waals surface area contributed by atoms with Gasteiger partial charge in [-0.2, -0.15) is 0 Å². The second-order valence-electron chi connectivity index (χ2n) is 10.7. The number of hydrogen-bond acceptors (Lipinski definition) is 4. The summed E-state index contributed by atoms with van der Waals surface area (Å²) in [5.41, 5.74) is 4.13. The SMILES string of the molecule is CC(C)(C)C(CC(=O)N[C@@H](CC1CC1)C(=O)O)NC(=O)OCC1c2ccccc2-c2ccccc21. The van der Waals surface area contributed by atoms with Crippen molar-refractivity contribution in [1.82, 2.24) is 10.6 Å². The molecule has 2 aliphatic carbocycles. The Bertz CT molecular complexity index is 1060. The number of fused-ring (bicyclic) bond motifs is 3. The zero-order valence-electron chi connectivity index (χ0n) is 20.5. The predicted molar refractivity (Wildman–Crippen MR) is 133 cm³/mol. The van der Waals surface area contributed by atoms with Gasteiger partial charge in [0.25, 0.3) is 0 Å². The van der Waals surface area contributed by atoms with Crippen LogP contribution < -0.4 is 10.6 Å². The van der Waals surface area contributed by atoms with Crippen molar-refractivity contribution >= 4 is 18.0 Å². The van der Waals surface area contributed by atoms with Gasteiger partial charge in [0.2, 0.25) is 5.91 Å². The zero-order chi connectivity index (χ0) is 25.2. The van der Waals surface area contributed by atoms with Crippen molar-refractivity contribution in [3.8, 4) is 11.1 Å². The largest absolute Gasteiger partial charge is 0.480 e. The van der Waals surface area contributed by atoms with Crippen LogP contribution in [0.15, 0.2) is 48.5 Å². The summed E-state index contributed by atoms with van der Waals surface area (Å²) in [5.74, 6) is -1.10. The summed E-state index contributed by atoms with van der Waals surface area (Å²) >= 11 is 0. The smallest absolute Gasteiger partial charge is 0.407 e. The summed E-state index contributed by atoms with van der Waals surface area (Å²) in [5, 5.41) is 14.9. The standard InChI is InChI=1S/C28H34N2O5/c1-28(2,3)24(15-25(31)29-23(26(32)33)14-17-12-13-17)30-27(34)35-16-22-20-10-6-4-8-18(20)19-9-5-7-11-21(19)22/h4-11,17,22-24H,12-16H2,1-3H3,(H,29,31)(H,30,34)(H,32,33)/t23-,24?/m0/s1. The minimum absolute atomic E-state index is 0.0257. The summed E-state index contributed by atoms with van der Waals surface area (Å²) in [6.07, 6.45) is 1.84. The van der Waals surface area contributed by atoms with Crippen LogP contribution in [0.4, 0.5) is 4.79 Å². The van der Waals surface area contributed by atoms with E-state index in [0.29, 0.717) is 12.3 Å². The van der Waals surface area contributed by atoms with Crippen molar-refractivity contribution in [1.29, 1.82) is 0 Å². The summed E-state index contributed by atoms with van der Waals surface area (Å²) < 4.78 is 5.65. The first-order valence-electron chi connectivity index (χ1n) is 12.3. The number of benzene rings is 2. The van der Waals surface area contributed by atoms with Gasteiger partial charge in [-0.1, -0.05) is 82.1 Å². The lowest BCUT2D eigenvalue weighted by atomic mass is 9.84. The molecule has 0 heterocycles. The molecular formula is C28H34N2O5. The molecule has 35 heavy (non-hydrogen) atoms.